The van der Waals surface area contributed by atoms with Gasteiger partial charge in [0.15, 0.2) is 0 Å². The molecule has 0 radical (unpaired) electrons. The number of methoxy groups -OCH3 is 1. The molecule has 0 saturated heterocycles. The maximum Gasteiger partial charge on any atom is 0.253 e. The lowest BCUT2D eigenvalue weighted by atomic mass is 10.1. The van der Waals surface area contributed by atoms with Gasteiger partial charge in [-0.25, -0.2) is 4.98 Å². The van der Waals surface area contributed by atoms with Gasteiger partial charge in [0.2, 0.25) is 5.95 Å². The summed E-state index contributed by atoms with van der Waals surface area (Å²) >= 11 is 6.13. The van der Waals surface area contributed by atoms with Gasteiger partial charge in [0.1, 0.15) is 16.6 Å². The Hall–Kier alpha value is -2.54. The predicted molar refractivity (Wildman–Crippen MR) is 93.4 cm³/mol. The third-order valence-electron chi connectivity index (χ3n) is 3.75. The first-order valence-electron chi connectivity index (χ1n) is 7.55. The van der Waals surface area contributed by atoms with Crippen molar-refractivity contribution in [1.29, 1.82) is 0 Å². The topological polar surface area (TPSA) is 79.4 Å². The number of halogens is 1. The van der Waals surface area contributed by atoms with Crippen molar-refractivity contribution in [2.24, 2.45) is 0 Å². The van der Waals surface area contributed by atoms with Crippen molar-refractivity contribution in [3.05, 3.63) is 35.0 Å². The summed E-state index contributed by atoms with van der Waals surface area (Å²) < 4.78 is 5.35. The molecule has 2 N–H and O–H groups in total. The van der Waals surface area contributed by atoms with Crippen molar-refractivity contribution >= 4 is 35.0 Å². The Morgan fingerprint density at radius 2 is 2.21 bits per heavy atom. The van der Waals surface area contributed by atoms with Crippen LogP contribution in [0.1, 0.15) is 16.8 Å². The van der Waals surface area contributed by atoms with Crippen LogP contribution in [0.15, 0.2) is 24.4 Å². The fraction of sp³-hybridized carbons (Fsp3) is 0.312. The van der Waals surface area contributed by atoms with E-state index in [2.05, 4.69) is 20.6 Å². The van der Waals surface area contributed by atoms with Crippen LogP contribution in [-0.2, 0) is 0 Å². The van der Waals surface area contributed by atoms with Crippen molar-refractivity contribution in [2.75, 3.05) is 37.9 Å². The van der Waals surface area contributed by atoms with Crippen LogP contribution in [0, 0.1) is 0 Å². The summed E-state index contributed by atoms with van der Waals surface area (Å²) in [5.74, 6) is 1.47. The van der Waals surface area contributed by atoms with Gasteiger partial charge in [0.25, 0.3) is 5.91 Å². The first-order chi connectivity index (χ1) is 11.6. The number of ether oxygens (including phenoxy) is 1. The third kappa shape index (κ3) is 3.35. The molecule has 1 aromatic heterocycles. The van der Waals surface area contributed by atoms with E-state index in [1.165, 1.54) is 6.20 Å². The van der Waals surface area contributed by atoms with E-state index in [1.54, 1.807) is 37.3 Å². The molecule has 1 aromatic carbocycles. The van der Waals surface area contributed by atoms with Crippen LogP contribution in [0.4, 0.5) is 17.5 Å². The fourth-order valence-corrected chi connectivity index (χ4v) is 2.61. The van der Waals surface area contributed by atoms with Gasteiger partial charge in [-0.1, -0.05) is 11.6 Å². The van der Waals surface area contributed by atoms with Gasteiger partial charge < -0.3 is 20.3 Å². The van der Waals surface area contributed by atoms with Crippen molar-refractivity contribution in [2.45, 2.75) is 6.42 Å². The number of hydrogen-bond donors (Lipinski definition) is 2. The van der Waals surface area contributed by atoms with Crippen molar-refractivity contribution in [3.8, 4) is 5.75 Å². The number of nitrogens with one attached hydrogen (secondary N) is 2. The molecule has 0 saturated carbocycles. The van der Waals surface area contributed by atoms with Gasteiger partial charge in [-0.15, -0.1) is 0 Å². The molecule has 1 aliphatic heterocycles. The number of aromatic nitrogens is 2. The molecule has 2 heterocycles. The Bertz CT molecular complexity index is 768. The summed E-state index contributed by atoms with van der Waals surface area (Å²) in [6.07, 6.45) is 2.31. The Morgan fingerprint density at radius 3 is 3.00 bits per heavy atom. The van der Waals surface area contributed by atoms with Gasteiger partial charge in [0, 0.05) is 25.7 Å². The minimum absolute atomic E-state index is 0.0504. The average Bonchev–Trinajstić information content (AvgIpc) is 2.60. The summed E-state index contributed by atoms with van der Waals surface area (Å²) in [7, 11) is 3.35. The lowest BCUT2D eigenvalue weighted by Gasteiger charge is -2.18. The molecule has 126 valence electrons. The molecular weight excluding hydrogens is 330 g/mol. The molecule has 1 amide bonds. The highest BCUT2D eigenvalue weighted by Gasteiger charge is 2.16. The summed E-state index contributed by atoms with van der Waals surface area (Å²) in [6.45, 7) is 1.27. The zero-order chi connectivity index (χ0) is 17.1. The second-order valence-electron chi connectivity index (χ2n) is 5.44. The molecule has 3 rings (SSSR count). The monoisotopic (exact) mass is 347 g/mol. The minimum Gasteiger partial charge on any atom is -0.495 e. The maximum absolute atomic E-state index is 12.5. The Labute approximate surface area is 145 Å². The van der Waals surface area contributed by atoms with Crippen molar-refractivity contribution < 1.29 is 9.53 Å². The molecule has 4 bridgehead atoms. The Morgan fingerprint density at radius 1 is 1.38 bits per heavy atom. The minimum atomic E-state index is -0.0504. The zero-order valence-corrected chi connectivity index (χ0v) is 14.2. The molecule has 0 spiro atoms. The van der Waals surface area contributed by atoms with E-state index in [9.17, 15) is 4.79 Å². The van der Waals surface area contributed by atoms with Crippen LogP contribution in [0.5, 0.6) is 5.75 Å². The highest BCUT2D eigenvalue weighted by Crippen LogP contribution is 2.29. The fourth-order valence-electron chi connectivity index (χ4n) is 2.46. The largest absolute Gasteiger partial charge is 0.495 e. The van der Waals surface area contributed by atoms with Crippen LogP contribution in [-0.4, -0.2) is 48.0 Å². The predicted octanol–water partition coefficient (Wildman–Crippen LogP) is 2.77. The molecule has 2 aromatic rings. The van der Waals surface area contributed by atoms with E-state index >= 15 is 0 Å². The number of amides is 1. The quantitative estimate of drug-likeness (QED) is 0.825. The van der Waals surface area contributed by atoms with Crippen LogP contribution in [0.25, 0.3) is 0 Å². The molecule has 0 unspecified atom stereocenters. The molecule has 8 heteroatoms. The average molecular weight is 348 g/mol. The number of anilines is 3. The van der Waals surface area contributed by atoms with Gasteiger partial charge >= 0.3 is 0 Å². The molecular formula is C16H18ClN5O2. The number of carbonyl (C=O) groups is 1. The molecule has 0 aliphatic carbocycles. The van der Waals surface area contributed by atoms with Crippen LogP contribution in [0.3, 0.4) is 0 Å². The highest BCUT2D eigenvalue weighted by molar-refractivity contribution is 6.32. The van der Waals surface area contributed by atoms with Crippen molar-refractivity contribution in [3.63, 3.8) is 0 Å². The maximum atomic E-state index is 12.5. The molecule has 1 aliphatic rings. The molecule has 0 atom stereocenters. The van der Waals surface area contributed by atoms with E-state index in [0.29, 0.717) is 46.9 Å². The molecule has 7 nitrogen and oxygen atoms in total. The lowest BCUT2D eigenvalue weighted by molar-refractivity contribution is 0.0794. The van der Waals surface area contributed by atoms with E-state index in [1.807, 2.05) is 0 Å². The van der Waals surface area contributed by atoms with Crippen LogP contribution >= 0.6 is 11.6 Å². The number of benzene rings is 1. The van der Waals surface area contributed by atoms with Crippen molar-refractivity contribution in [1.82, 2.24) is 14.9 Å². The second-order valence-corrected chi connectivity index (χ2v) is 5.84. The van der Waals surface area contributed by atoms with Gasteiger partial charge in [-0.2, -0.15) is 4.98 Å². The summed E-state index contributed by atoms with van der Waals surface area (Å²) in [6, 6.07) is 5.23. The molecule has 0 fully saturated rings. The van der Waals surface area contributed by atoms with E-state index < -0.39 is 0 Å². The summed E-state index contributed by atoms with van der Waals surface area (Å²) in [5.41, 5.74) is 1.19. The number of rotatable bonds is 1. The summed E-state index contributed by atoms with van der Waals surface area (Å²) in [4.78, 5) is 22.8. The number of fused-ring (bicyclic) bond motifs is 4. The van der Waals surface area contributed by atoms with Crippen LogP contribution < -0.4 is 15.4 Å². The third-order valence-corrected chi connectivity index (χ3v) is 4.02. The number of nitrogens with zero attached hydrogens (tertiary/aromatic N) is 3. The Balaban J connectivity index is 2.06. The normalized spacial score (nSPS) is 14.6. The Kier molecular flexibility index (Phi) is 4.71. The summed E-state index contributed by atoms with van der Waals surface area (Å²) in [5, 5.41) is 6.70. The molecule has 24 heavy (non-hydrogen) atoms. The van der Waals surface area contributed by atoms with E-state index in [4.69, 9.17) is 16.3 Å². The smallest absolute Gasteiger partial charge is 0.253 e. The van der Waals surface area contributed by atoms with Gasteiger partial charge in [-0.3, -0.25) is 4.79 Å². The number of carbonyl (C=O) groups excluding carboxylic acids is 1. The van der Waals surface area contributed by atoms with Gasteiger partial charge in [0.05, 0.1) is 19.0 Å². The van der Waals surface area contributed by atoms with E-state index in [0.717, 1.165) is 6.42 Å². The van der Waals surface area contributed by atoms with E-state index in [-0.39, 0.29) is 5.91 Å². The SMILES string of the molecule is COc1ccc2cc1Nc1ncc(Cl)c(n1)NCCCN(C)C2=O. The van der Waals surface area contributed by atoms with Crippen LogP contribution in [0.2, 0.25) is 5.02 Å². The first kappa shape index (κ1) is 16.3. The second kappa shape index (κ2) is 6.92. The first-order valence-corrected chi connectivity index (χ1v) is 7.93. The lowest BCUT2D eigenvalue weighted by Crippen LogP contribution is -2.28. The zero-order valence-electron chi connectivity index (χ0n) is 13.5. The van der Waals surface area contributed by atoms with Gasteiger partial charge in [-0.05, 0) is 24.6 Å². The number of hydrogen-bond acceptors (Lipinski definition) is 6. The standard InChI is InChI=1S/C16H18ClN5O2/c1-22-7-3-6-18-14-11(17)9-19-16(21-14)20-12-8-10(15(22)23)4-5-13(12)24-2/h4-5,8-9H,3,6-7H2,1-2H3,(H2,18,19,20,21). The highest BCUT2D eigenvalue weighted by atomic mass is 35.5.